The van der Waals surface area contributed by atoms with E-state index < -0.39 is 28.5 Å². The lowest BCUT2D eigenvalue weighted by Gasteiger charge is -2.34. The van der Waals surface area contributed by atoms with Gasteiger partial charge in [-0.3, -0.25) is 4.79 Å². The second-order valence-electron chi connectivity index (χ2n) is 7.78. The van der Waals surface area contributed by atoms with E-state index in [4.69, 9.17) is 4.74 Å². The fourth-order valence-electron chi connectivity index (χ4n) is 3.65. The van der Waals surface area contributed by atoms with Crippen molar-refractivity contribution in [2.24, 2.45) is 11.8 Å². The number of nitrogens with zero attached hydrogens (tertiary/aromatic N) is 1. The number of nitrogens with one attached hydrogen (secondary N) is 1. The Morgan fingerprint density at radius 1 is 1.00 bits per heavy atom. The maximum Gasteiger partial charge on any atom is 0.338 e. The van der Waals surface area contributed by atoms with Crippen molar-refractivity contribution in [3.63, 3.8) is 0 Å². The predicted molar refractivity (Wildman–Crippen MR) is 114 cm³/mol. The SMILES string of the molecule is C[C@H]1C[C@H](C)CN(S(=O)(=O)c2ccc(C(=O)OCC(=O)Nc3ccccc3)cc2)C1. The van der Waals surface area contributed by atoms with Gasteiger partial charge in [0.15, 0.2) is 6.61 Å². The molecule has 7 nitrogen and oxygen atoms in total. The molecule has 1 N–H and O–H groups in total. The minimum absolute atomic E-state index is 0.141. The van der Waals surface area contributed by atoms with Crippen LogP contribution in [0.25, 0.3) is 0 Å². The van der Waals surface area contributed by atoms with E-state index in [1.54, 1.807) is 24.3 Å². The quantitative estimate of drug-likeness (QED) is 0.711. The van der Waals surface area contributed by atoms with Gasteiger partial charge in [0, 0.05) is 18.8 Å². The summed E-state index contributed by atoms with van der Waals surface area (Å²) in [6.45, 7) is 4.65. The Labute approximate surface area is 177 Å². The Hall–Kier alpha value is -2.71. The van der Waals surface area contributed by atoms with Gasteiger partial charge in [-0.15, -0.1) is 0 Å². The fraction of sp³-hybridized carbons (Fsp3) is 0.364. The van der Waals surface area contributed by atoms with Crippen molar-refractivity contribution in [1.82, 2.24) is 4.31 Å². The molecule has 30 heavy (non-hydrogen) atoms. The van der Waals surface area contributed by atoms with Crippen LogP contribution in [-0.2, 0) is 19.6 Å². The smallest absolute Gasteiger partial charge is 0.338 e. The Kier molecular flexibility index (Phi) is 6.89. The number of hydrogen-bond acceptors (Lipinski definition) is 5. The van der Waals surface area contributed by atoms with Crippen LogP contribution in [-0.4, -0.2) is 44.3 Å². The monoisotopic (exact) mass is 430 g/mol. The highest BCUT2D eigenvalue weighted by atomic mass is 32.2. The van der Waals surface area contributed by atoms with Gasteiger partial charge in [0.05, 0.1) is 10.5 Å². The summed E-state index contributed by atoms with van der Waals surface area (Å²) in [7, 11) is -3.61. The lowest BCUT2D eigenvalue weighted by atomic mass is 9.94. The number of sulfonamides is 1. The molecule has 2 aromatic carbocycles. The zero-order valence-electron chi connectivity index (χ0n) is 17.1. The summed E-state index contributed by atoms with van der Waals surface area (Å²) >= 11 is 0. The third-order valence-corrected chi connectivity index (χ3v) is 6.80. The van der Waals surface area contributed by atoms with Crippen LogP contribution >= 0.6 is 0 Å². The topological polar surface area (TPSA) is 92.8 Å². The number of para-hydroxylation sites is 1. The van der Waals surface area contributed by atoms with Crippen molar-refractivity contribution in [3.05, 3.63) is 60.2 Å². The molecule has 0 aliphatic carbocycles. The molecule has 1 amide bonds. The first kappa shape index (κ1) is 22.0. The minimum atomic E-state index is -3.61. The number of anilines is 1. The van der Waals surface area contributed by atoms with Crippen LogP contribution < -0.4 is 5.32 Å². The summed E-state index contributed by atoms with van der Waals surface area (Å²) in [4.78, 5) is 24.2. The molecule has 1 aliphatic heterocycles. The zero-order chi connectivity index (χ0) is 21.7. The van der Waals surface area contributed by atoms with Crippen LogP contribution in [0.2, 0.25) is 0 Å². The van der Waals surface area contributed by atoms with Gasteiger partial charge in [-0.05, 0) is 54.7 Å². The minimum Gasteiger partial charge on any atom is -0.452 e. The first-order valence-electron chi connectivity index (χ1n) is 9.88. The van der Waals surface area contributed by atoms with E-state index in [9.17, 15) is 18.0 Å². The average Bonchev–Trinajstić information content (AvgIpc) is 2.72. The lowest BCUT2D eigenvalue weighted by molar-refractivity contribution is -0.119. The molecule has 0 saturated carbocycles. The molecule has 0 aromatic heterocycles. The second-order valence-corrected chi connectivity index (χ2v) is 9.72. The first-order chi connectivity index (χ1) is 14.3. The van der Waals surface area contributed by atoms with Crippen molar-refractivity contribution < 1.29 is 22.7 Å². The van der Waals surface area contributed by atoms with E-state index in [1.165, 1.54) is 28.6 Å². The molecule has 8 heteroatoms. The predicted octanol–water partition coefficient (Wildman–Crippen LogP) is 3.15. The van der Waals surface area contributed by atoms with Crippen LogP contribution in [0.3, 0.4) is 0 Å². The van der Waals surface area contributed by atoms with Crippen LogP contribution in [0.1, 0.15) is 30.6 Å². The van der Waals surface area contributed by atoms with E-state index in [0.29, 0.717) is 30.6 Å². The molecular formula is C22H26N2O5S. The van der Waals surface area contributed by atoms with Gasteiger partial charge in [-0.25, -0.2) is 13.2 Å². The van der Waals surface area contributed by atoms with Gasteiger partial charge < -0.3 is 10.1 Å². The van der Waals surface area contributed by atoms with E-state index >= 15 is 0 Å². The molecule has 0 unspecified atom stereocenters. The van der Waals surface area contributed by atoms with Gasteiger partial charge in [-0.1, -0.05) is 32.0 Å². The summed E-state index contributed by atoms with van der Waals surface area (Å²) in [5.41, 5.74) is 0.788. The molecule has 0 bridgehead atoms. The van der Waals surface area contributed by atoms with Crippen molar-refractivity contribution >= 4 is 27.6 Å². The van der Waals surface area contributed by atoms with E-state index in [2.05, 4.69) is 5.32 Å². The van der Waals surface area contributed by atoms with Gasteiger partial charge in [0.2, 0.25) is 10.0 Å². The Balaban J connectivity index is 1.59. The van der Waals surface area contributed by atoms with Crippen molar-refractivity contribution in [3.8, 4) is 0 Å². The van der Waals surface area contributed by atoms with Gasteiger partial charge >= 0.3 is 5.97 Å². The molecule has 3 rings (SSSR count). The normalized spacial score (nSPS) is 19.8. The van der Waals surface area contributed by atoms with Crippen LogP contribution in [0.15, 0.2) is 59.5 Å². The molecule has 2 atom stereocenters. The van der Waals surface area contributed by atoms with Crippen LogP contribution in [0.5, 0.6) is 0 Å². The molecule has 1 fully saturated rings. The number of ether oxygens (including phenoxy) is 1. The van der Waals surface area contributed by atoms with Crippen molar-refractivity contribution in [1.29, 1.82) is 0 Å². The highest BCUT2D eigenvalue weighted by Crippen LogP contribution is 2.26. The molecule has 0 spiro atoms. The highest BCUT2D eigenvalue weighted by molar-refractivity contribution is 7.89. The standard InChI is InChI=1S/C22H26N2O5S/c1-16-12-17(2)14-24(13-16)30(27,28)20-10-8-18(9-11-20)22(26)29-15-21(25)23-19-6-4-3-5-7-19/h3-11,16-17H,12-15H2,1-2H3,(H,23,25)/t16-,17-/m0/s1. The number of esters is 1. The number of hydrogen-bond donors (Lipinski definition) is 1. The zero-order valence-corrected chi connectivity index (χ0v) is 17.9. The third-order valence-electron chi connectivity index (χ3n) is 4.96. The molecular weight excluding hydrogens is 404 g/mol. The number of rotatable bonds is 6. The number of benzene rings is 2. The Bertz CT molecular complexity index is 980. The molecule has 2 aromatic rings. The maximum atomic E-state index is 12.9. The Morgan fingerprint density at radius 3 is 2.20 bits per heavy atom. The van der Waals surface area contributed by atoms with Crippen LogP contribution in [0.4, 0.5) is 5.69 Å². The second kappa shape index (κ2) is 9.40. The molecule has 1 saturated heterocycles. The van der Waals surface area contributed by atoms with E-state index in [1.807, 2.05) is 19.9 Å². The molecule has 1 heterocycles. The fourth-order valence-corrected chi connectivity index (χ4v) is 5.33. The summed E-state index contributed by atoms with van der Waals surface area (Å²) in [5.74, 6) is -0.538. The third kappa shape index (κ3) is 5.46. The Morgan fingerprint density at radius 2 is 1.60 bits per heavy atom. The number of carbonyl (C=O) groups excluding carboxylic acids is 2. The average molecular weight is 431 g/mol. The lowest BCUT2D eigenvalue weighted by Crippen LogP contribution is -2.42. The number of piperidine rings is 1. The van der Waals surface area contributed by atoms with Gasteiger partial charge in [0.25, 0.3) is 5.91 Å². The summed E-state index contributed by atoms with van der Waals surface area (Å²) < 4.78 is 32.3. The van der Waals surface area contributed by atoms with E-state index in [-0.39, 0.29) is 10.5 Å². The summed E-state index contributed by atoms with van der Waals surface area (Å²) in [6.07, 6.45) is 1.01. The van der Waals surface area contributed by atoms with Gasteiger partial charge in [0.1, 0.15) is 0 Å². The molecule has 160 valence electrons. The highest BCUT2D eigenvalue weighted by Gasteiger charge is 2.31. The number of carbonyl (C=O) groups is 2. The van der Waals surface area contributed by atoms with Crippen LogP contribution in [0, 0.1) is 11.8 Å². The maximum absolute atomic E-state index is 12.9. The van der Waals surface area contributed by atoms with Crippen molar-refractivity contribution in [2.75, 3.05) is 25.0 Å². The van der Waals surface area contributed by atoms with Crippen molar-refractivity contribution in [2.45, 2.75) is 25.2 Å². The largest absolute Gasteiger partial charge is 0.452 e. The summed E-state index contributed by atoms with van der Waals surface area (Å²) in [6, 6.07) is 14.4. The number of amides is 1. The van der Waals surface area contributed by atoms with Gasteiger partial charge in [-0.2, -0.15) is 4.31 Å². The molecule has 1 aliphatic rings. The first-order valence-corrected chi connectivity index (χ1v) is 11.3. The summed E-state index contributed by atoms with van der Waals surface area (Å²) in [5, 5.41) is 2.62. The molecule has 0 radical (unpaired) electrons. The van der Waals surface area contributed by atoms with E-state index in [0.717, 1.165) is 6.42 Å².